The molecule has 0 fully saturated rings. The molecular weight excluding hydrogens is 222 g/mol. The summed E-state index contributed by atoms with van der Waals surface area (Å²) in [4.78, 5) is 4.41. The number of hydrogen-bond acceptors (Lipinski definition) is 2. The van der Waals surface area contributed by atoms with Crippen molar-refractivity contribution in [2.45, 2.75) is 45.7 Å². The van der Waals surface area contributed by atoms with Crippen molar-refractivity contribution in [3.8, 4) is 0 Å². The van der Waals surface area contributed by atoms with E-state index in [4.69, 9.17) is 0 Å². The second-order valence-electron chi connectivity index (χ2n) is 5.10. The van der Waals surface area contributed by atoms with E-state index in [-0.39, 0.29) is 0 Å². The van der Waals surface area contributed by atoms with Crippen molar-refractivity contribution in [3.05, 3.63) is 30.6 Å². The maximum absolute atomic E-state index is 4.41. The van der Waals surface area contributed by atoms with E-state index in [1.807, 2.05) is 12.4 Å². The van der Waals surface area contributed by atoms with E-state index in [0.29, 0.717) is 6.04 Å². The van der Waals surface area contributed by atoms with Gasteiger partial charge in [-0.2, -0.15) is 0 Å². The normalized spacial score (nSPS) is 11.5. The average molecular weight is 245 g/mol. The number of fused-ring (bicyclic) bond motifs is 1. The van der Waals surface area contributed by atoms with E-state index >= 15 is 0 Å². The third kappa shape index (κ3) is 3.57. The number of rotatable bonds is 7. The van der Waals surface area contributed by atoms with Gasteiger partial charge in [-0.05, 0) is 31.5 Å². The zero-order valence-corrected chi connectivity index (χ0v) is 11.4. The van der Waals surface area contributed by atoms with Gasteiger partial charge in [0.2, 0.25) is 0 Å². The standard InChI is InChI=1S/C15H23N3/c1-13(2)16-10-6-3-7-11-18-12-17-14-8-4-5-9-15(14)18/h4-5,8-9,12-13,16H,3,6-7,10-11H2,1-2H3. The molecule has 1 aromatic heterocycles. The Hall–Kier alpha value is -1.35. The second kappa shape index (κ2) is 6.55. The molecule has 18 heavy (non-hydrogen) atoms. The minimum absolute atomic E-state index is 0.600. The highest BCUT2D eigenvalue weighted by Crippen LogP contribution is 2.12. The third-order valence-corrected chi connectivity index (χ3v) is 3.16. The first kappa shape index (κ1) is 13.1. The van der Waals surface area contributed by atoms with Crippen LogP contribution in [0.25, 0.3) is 11.0 Å². The van der Waals surface area contributed by atoms with Gasteiger partial charge in [0.15, 0.2) is 0 Å². The van der Waals surface area contributed by atoms with Crippen LogP contribution in [0.1, 0.15) is 33.1 Å². The number of benzene rings is 1. The third-order valence-electron chi connectivity index (χ3n) is 3.16. The van der Waals surface area contributed by atoms with Gasteiger partial charge >= 0.3 is 0 Å². The van der Waals surface area contributed by atoms with E-state index in [9.17, 15) is 0 Å². The summed E-state index contributed by atoms with van der Waals surface area (Å²) in [5.41, 5.74) is 2.34. The molecule has 0 atom stereocenters. The molecule has 1 aromatic carbocycles. The maximum atomic E-state index is 4.41. The number of aromatic nitrogens is 2. The molecule has 0 unspecified atom stereocenters. The smallest absolute Gasteiger partial charge is 0.0958 e. The molecule has 2 aromatic rings. The highest BCUT2D eigenvalue weighted by Gasteiger charge is 2.00. The Morgan fingerprint density at radius 2 is 2.00 bits per heavy atom. The van der Waals surface area contributed by atoms with Crippen molar-refractivity contribution in [2.75, 3.05) is 6.54 Å². The molecule has 0 aliphatic carbocycles. The van der Waals surface area contributed by atoms with Gasteiger partial charge in [-0.1, -0.05) is 32.4 Å². The molecule has 98 valence electrons. The quantitative estimate of drug-likeness (QED) is 0.759. The number of imidazole rings is 1. The topological polar surface area (TPSA) is 29.9 Å². The fourth-order valence-corrected chi connectivity index (χ4v) is 2.16. The van der Waals surface area contributed by atoms with E-state index in [2.05, 4.69) is 46.9 Å². The number of unbranched alkanes of at least 4 members (excludes halogenated alkanes) is 2. The summed E-state index contributed by atoms with van der Waals surface area (Å²) in [6, 6.07) is 8.92. The predicted octanol–water partition coefficient (Wildman–Crippen LogP) is 3.20. The fraction of sp³-hybridized carbons (Fsp3) is 0.533. The van der Waals surface area contributed by atoms with Crippen LogP contribution < -0.4 is 5.32 Å². The molecule has 1 N–H and O–H groups in total. The van der Waals surface area contributed by atoms with Crippen LogP contribution >= 0.6 is 0 Å². The minimum Gasteiger partial charge on any atom is -0.331 e. The molecule has 0 radical (unpaired) electrons. The van der Waals surface area contributed by atoms with Crippen LogP contribution in [0, 0.1) is 0 Å². The van der Waals surface area contributed by atoms with Crippen LogP contribution in [0.3, 0.4) is 0 Å². The van der Waals surface area contributed by atoms with Gasteiger partial charge in [0, 0.05) is 12.6 Å². The van der Waals surface area contributed by atoms with Crippen LogP contribution in [0.4, 0.5) is 0 Å². The molecule has 0 saturated carbocycles. The van der Waals surface area contributed by atoms with Crippen LogP contribution in [-0.4, -0.2) is 22.1 Å². The molecule has 3 heteroatoms. The first-order valence-electron chi connectivity index (χ1n) is 6.90. The summed E-state index contributed by atoms with van der Waals surface area (Å²) >= 11 is 0. The summed E-state index contributed by atoms with van der Waals surface area (Å²) in [6.07, 6.45) is 5.70. The highest BCUT2D eigenvalue weighted by atomic mass is 15.0. The van der Waals surface area contributed by atoms with Crippen molar-refractivity contribution >= 4 is 11.0 Å². The molecule has 0 aliphatic rings. The molecule has 1 heterocycles. The Morgan fingerprint density at radius 1 is 1.17 bits per heavy atom. The Morgan fingerprint density at radius 3 is 2.83 bits per heavy atom. The van der Waals surface area contributed by atoms with E-state index in [1.54, 1.807) is 0 Å². The van der Waals surface area contributed by atoms with Crippen molar-refractivity contribution < 1.29 is 0 Å². The van der Waals surface area contributed by atoms with Gasteiger partial charge in [0.05, 0.1) is 17.4 Å². The molecule has 3 nitrogen and oxygen atoms in total. The minimum atomic E-state index is 0.600. The van der Waals surface area contributed by atoms with Gasteiger partial charge in [-0.15, -0.1) is 0 Å². The number of aryl methyl sites for hydroxylation is 1. The summed E-state index contributed by atoms with van der Waals surface area (Å²) in [7, 11) is 0. The zero-order chi connectivity index (χ0) is 12.8. The predicted molar refractivity (Wildman–Crippen MR) is 76.7 cm³/mol. The van der Waals surface area contributed by atoms with Gasteiger partial charge in [-0.3, -0.25) is 0 Å². The molecule has 0 bridgehead atoms. The lowest BCUT2D eigenvalue weighted by Crippen LogP contribution is -2.23. The fourth-order valence-electron chi connectivity index (χ4n) is 2.16. The average Bonchev–Trinajstić information content (AvgIpc) is 2.77. The van der Waals surface area contributed by atoms with Gasteiger partial charge in [0.1, 0.15) is 0 Å². The molecule has 2 rings (SSSR count). The SMILES string of the molecule is CC(C)NCCCCCn1cnc2ccccc21. The molecule has 0 saturated heterocycles. The number of hydrogen-bond donors (Lipinski definition) is 1. The second-order valence-corrected chi connectivity index (χ2v) is 5.10. The summed E-state index contributed by atoms with van der Waals surface area (Å²) in [6.45, 7) is 6.58. The lowest BCUT2D eigenvalue weighted by Gasteiger charge is -2.08. The lowest BCUT2D eigenvalue weighted by atomic mass is 10.2. The molecule has 0 amide bonds. The Balaban J connectivity index is 1.74. The Kier molecular flexibility index (Phi) is 4.76. The van der Waals surface area contributed by atoms with E-state index in [1.165, 1.54) is 24.8 Å². The summed E-state index contributed by atoms with van der Waals surface area (Å²) in [5.74, 6) is 0. The van der Waals surface area contributed by atoms with Crippen LogP contribution in [0.5, 0.6) is 0 Å². The lowest BCUT2D eigenvalue weighted by molar-refractivity contribution is 0.531. The van der Waals surface area contributed by atoms with Gasteiger partial charge in [0.25, 0.3) is 0 Å². The van der Waals surface area contributed by atoms with Crippen molar-refractivity contribution in [1.82, 2.24) is 14.9 Å². The largest absolute Gasteiger partial charge is 0.331 e. The van der Waals surface area contributed by atoms with Gasteiger partial charge < -0.3 is 9.88 Å². The van der Waals surface area contributed by atoms with Crippen molar-refractivity contribution in [3.63, 3.8) is 0 Å². The van der Waals surface area contributed by atoms with Gasteiger partial charge in [-0.25, -0.2) is 4.98 Å². The first-order chi connectivity index (χ1) is 8.77. The van der Waals surface area contributed by atoms with Crippen LogP contribution in [0.15, 0.2) is 30.6 Å². The van der Waals surface area contributed by atoms with Crippen LogP contribution in [0.2, 0.25) is 0 Å². The Labute approximate surface area is 109 Å². The molecular formula is C15H23N3. The summed E-state index contributed by atoms with van der Waals surface area (Å²) in [5, 5.41) is 3.45. The highest BCUT2D eigenvalue weighted by molar-refractivity contribution is 5.74. The maximum Gasteiger partial charge on any atom is 0.0958 e. The van der Waals surface area contributed by atoms with Crippen LogP contribution in [-0.2, 0) is 6.54 Å². The zero-order valence-electron chi connectivity index (χ0n) is 11.4. The van der Waals surface area contributed by atoms with Crippen molar-refractivity contribution in [2.24, 2.45) is 0 Å². The molecule has 0 spiro atoms. The van der Waals surface area contributed by atoms with E-state index in [0.717, 1.165) is 18.6 Å². The van der Waals surface area contributed by atoms with E-state index < -0.39 is 0 Å². The summed E-state index contributed by atoms with van der Waals surface area (Å²) < 4.78 is 2.26. The Bertz CT molecular complexity index is 473. The number of para-hydroxylation sites is 2. The van der Waals surface area contributed by atoms with Crippen molar-refractivity contribution in [1.29, 1.82) is 0 Å². The number of nitrogens with zero attached hydrogens (tertiary/aromatic N) is 2. The molecule has 0 aliphatic heterocycles. The first-order valence-corrected chi connectivity index (χ1v) is 6.90. The number of nitrogens with one attached hydrogen (secondary N) is 1. The monoisotopic (exact) mass is 245 g/mol.